The Morgan fingerprint density at radius 1 is 1.54 bits per heavy atom. The van der Waals surface area contributed by atoms with Crippen LogP contribution in [0.3, 0.4) is 0 Å². The lowest BCUT2D eigenvalue weighted by Crippen LogP contribution is -2.00. The quantitative estimate of drug-likeness (QED) is 0.722. The molecule has 1 aromatic heterocycles. The molecule has 1 fully saturated rings. The van der Waals surface area contributed by atoms with Gasteiger partial charge >= 0.3 is 0 Å². The summed E-state index contributed by atoms with van der Waals surface area (Å²) in [5.41, 5.74) is 1.07. The van der Waals surface area contributed by atoms with E-state index >= 15 is 0 Å². The van der Waals surface area contributed by atoms with E-state index in [1.165, 1.54) is 4.88 Å². The topological polar surface area (TPSA) is 36.7 Å². The second kappa shape index (κ2) is 2.81. The van der Waals surface area contributed by atoms with Crippen molar-refractivity contribution in [2.24, 2.45) is 5.41 Å². The van der Waals surface area contributed by atoms with Crippen LogP contribution in [0, 0.1) is 30.6 Å². The van der Waals surface area contributed by atoms with Crippen LogP contribution in [-0.2, 0) is 6.42 Å². The van der Waals surface area contributed by atoms with Gasteiger partial charge in [0.25, 0.3) is 0 Å². The third kappa shape index (κ3) is 1.59. The molecule has 0 N–H and O–H groups in total. The summed E-state index contributed by atoms with van der Waals surface area (Å²) in [7, 11) is 0. The first-order valence-corrected chi connectivity index (χ1v) is 5.31. The number of nitriles is 1. The van der Waals surface area contributed by atoms with Crippen molar-refractivity contribution in [1.29, 1.82) is 5.26 Å². The van der Waals surface area contributed by atoms with Gasteiger partial charge in [-0.25, -0.2) is 4.98 Å². The van der Waals surface area contributed by atoms with Crippen molar-refractivity contribution in [1.82, 2.24) is 4.98 Å². The molecule has 3 heteroatoms. The van der Waals surface area contributed by atoms with E-state index in [9.17, 15) is 0 Å². The Morgan fingerprint density at radius 3 is 2.62 bits per heavy atom. The van der Waals surface area contributed by atoms with Crippen molar-refractivity contribution in [2.75, 3.05) is 0 Å². The molecule has 0 aromatic carbocycles. The van der Waals surface area contributed by atoms with E-state index in [1.54, 1.807) is 11.3 Å². The Labute approximate surface area is 82.2 Å². The zero-order valence-electron chi connectivity index (χ0n) is 7.92. The minimum absolute atomic E-state index is 0.0449. The lowest BCUT2D eigenvalue weighted by molar-refractivity contribution is 0.660. The van der Waals surface area contributed by atoms with Crippen LogP contribution in [0.1, 0.15) is 28.4 Å². The van der Waals surface area contributed by atoms with Gasteiger partial charge in [0.15, 0.2) is 0 Å². The van der Waals surface area contributed by atoms with Crippen molar-refractivity contribution in [3.05, 3.63) is 15.6 Å². The first kappa shape index (κ1) is 8.71. The van der Waals surface area contributed by atoms with Crippen LogP contribution in [0.5, 0.6) is 0 Å². The molecular weight excluding hydrogens is 180 g/mol. The molecule has 0 amide bonds. The molecule has 0 unspecified atom stereocenters. The fourth-order valence-electron chi connectivity index (χ4n) is 1.38. The largest absolute Gasteiger partial charge is 0.246 e. The molecule has 2 rings (SSSR count). The first-order valence-electron chi connectivity index (χ1n) is 4.49. The van der Waals surface area contributed by atoms with E-state index in [2.05, 4.69) is 18.0 Å². The highest BCUT2D eigenvalue weighted by Gasteiger charge is 2.43. The van der Waals surface area contributed by atoms with Gasteiger partial charge in [0.05, 0.1) is 22.2 Å². The average Bonchev–Trinajstić information content (AvgIpc) is 2.78. The van der Waals surface area contributed by atoms with Gasteiger partial charge in [-0.2, -0.15) is 5.26 Å². The number of aromatic nitrogens is 1. The lowest BCUT2D eigenvalue weighted by atomic mass is 10.1. The zero-order chi connectivity index (χ0) is 9.47. The van der Waals surface area contributed by atoms with Gasteiger partial charge in [0, 0.05) is 11.3 Å². The molecule has 1 aliphatic carbocycles. The summed E-state index contributed by atoms with van der Waals surface area (Å²) in [6.07, 6.45) is 2.98. The van der Waals surface area contributed by atoms with E-state index < -0.39 is 0 Å². The van der Waals surface area contributed by atoms with Gasteiger partial charge in [-0.1, -0.05) is 0 Å². The molecule has 0 aliphatic heterocycles. The van der Waals surface area contributed by atoms with Crippen LogP contribution in [-0.4, -0.2) is 4.98 Å². The maximum absolute atomic E-state index is 8.92. The Hall–Kier alpha value is -0.880. The summed E-state index contributed by atoms with van der Waals surface area (Å²) in [6.45, 7) is 4.11. The van der Waals surface area contributed by atoms with Gasteiger partial charge in [0.2, 0.25) is 0 Å². The molecule has 0 atom stereocenters. The van der Waals surface area contributed by atoms with E-state index in [0.717, 1.165) is 30.0 Å². The standard InChI is InChI=1S/C10H12N2S/c1-7-8(2)13-9(12-7)5-10(6-11)3-4-10/h3-5H2,1-2H3. The maximum Gasteiger partial charge on any atom is 0.0946 e. The van der Waals surface area contributed by atoms with Gasteiger partial charge in [-0.15, -0.1) is 11.3 Å². The van der Waals surface area contributed by atoms with Crippen molar-refractivity contribution in [3.8, 4) is 6.07 Å². The maximum atomic E-state index is 8.92. The smallest absolute Gasteiger partial charge is 0.0946 e. The first-order chi connectivity index (χ1) is 6.15. The highest BCUT2D eigenvalue weighted by atomic mass is 32.1. The average molecular weight is 192 g/mol. The van der Waals surface area contributed by atoms with Gasteiger partial charge in [-0.3, -0.25) is 0 Å². The normalized spacial score (nSPS) is 18.2. The predicted octanol–water partition coefficient (Wildman–Crippen LogP) is 2.61. The monoisotopic (exact) mass is 192 g/mol. The predicted molar refractivity (Wildman–Crippen MR) is 52.6 cm³/mol. The third-order valence-corrected chi connectivity index (χ3v) is 3.73. The van der Waals surface area contributed by atoms with Crippen molar-refractivity contribution in [3.63, 3.8) is 0 Å². The Bertz CT molecular complexity index is 349. The second-order valence-electron chi connectivity index (χ2n) is 3.82. The number of aryl methyl sites for hydroxylation is 2. The minimum atomic E-state index is -0.0449. The molecule has 0 saturated heterocycles. The molecule has 0 radical (unpaired) electrons. The van der Waals surface area contributed by atoms with E-state index in [1.807, 2.05) is 6.92 Å². The summed E-state index contributed by atoms with van der Waals surface area (Å²) in [6, 6.07) is 2.40. The van der Waals surface area contributed by atoms with E-state index in [0.29, 0.717) is 0 Å². The van der Waals surface area contributed by atoms with Crippen molar-refractivity contribution < 1.29 is 0 Å². The van der Waals surface area contributed by atoms with Crippen LogP contribution in [0.4, 0.5) is 0 Å². The fraction of sp³-hybridized carbons (Fsp3) is 0.600. The molecule has 13 heavy (non-hydrogen) atoms. The van der Waals surface area contributed by atoms with Gasteiger partial charge < -0.3 is 0 Å². The summed E-state index contributed by atoms with van der Waals surface area (Å²) >= 11 is 1.73. The second-order valence-corrected chi connectivity index (χ2v) is 5.11. The molecule has 1 aliphatic rings. The molecule has 0 bridgehead atoms. The van der Waals surface area contributed by atoms with Crippen LogP contribution >= 0.6 is 11.3 Å². The lowest BCUT2D eigenvalue weighted by Gasteiger charge is -1.99. The van der Waals surface area contributed by atoms with E-state index in [-0.39, 0.29) is 5.41 Å². The van der Waals surface area contributed by atoms with Crippen molar-refractivity contribution in [2.45, 2.75) is 33.1 Å². The Balaban J connectivity index is 2.15. The Morgan fingerprint density at radius 2 is 2.23 bits per heavy atom. The van der Waals surface area contributed by atoms with Crippen LogP contribution in [0.2, 0.25) is 0 Å². The number of nitrogens with zero attached hydrogens (tertiary/aromatic N) is 2. The molecule has 2 nitrogen and oxygen atoms in total. The molecular formula is C10H12N2S. The van der Waals surface area contributed by atoms with Crippen molar-refractivity contribution >= 4 is 11.3 Å². The minimum Gasteiger partial charge on any atom is -0.246 e. The summed E-state index contributed by atoms with van der Waals surface area (Å²) < 4.78 is 0. The van der Waals surface area contributed by atoms with E-state index in [4.69, 9.17) is 5.26 Å². The molecule has 1 heterocycles. The molecule has 1 saturated carbocycles. The van der Waals surface area contributed by atoms with Gasteiger partial charge in [-0.05, 0) is 26.7 Å². The SMILES string of the molecule is Cc1nc(CC2(C#N)CC2)sc1C. The summed E-state index contributed by atoms with van der Waals surface area (Å²) in [5, 5.41) is 10.1. The highest BCUT2D eigenvalue weighted by Crippen LogP contribution is 2.48. The molecule has 0 spiro atoms. The summed E-state index contributed by atoms with van der Waals surface area (Å²) in [4.78, 5) is 5.73. The van der Waals surface area contributed by atoms with Crippen LogP contribution in [0.25, 0.3) is 0 Å². The van der Waals surface area contributed by atoms with Gasteiger partial charge in [0.1, 0.15) is 0 Å². The molecule has 68 valence electrons. The Kier molecular flexibility index (Phi) is 1.88. The fourth-order valence-corrected chi connectivity index (χ4v) is 2.46. The summed E-state index contributed by atoms with van der Waals surface area (Å²) in [5.74, 6) is 0. The van der Waals surface area contributed by atoms with Crippen LogP contribution < -0.4 is 0 Å². The third-order valence-electron chi connectivity index (χ3n) is 2.65. The highest BCUT2D eigenvalue weighted by molar-refractivity contribution is 7.11. The van der Waals surface area contributed by atoms with Crippen LogP contribution in [0.15, 0.2) is 0 Å². The molecule has 1 aromatic rings. The number of thiazole rings is 1. The number of hydrogen-bond donors (Lipinski definition) is 0. The number of hydrogen-bond acceptors (Lipinski definition) is 3. The number of rotatable bonds is 2. The zero-order valence-corrected chi connectivity index (χ0v) is 8.74.